The SMILES string of the molecule is CC(=NS(=O)(=O)c1ccc(Br)cc1)OC(C)C. The lowest BCUT2D eigenvalue weighted by Gasteiger charge is -2.08. The Labute approximate surface area is 110 Å². The second-order valence-corrected chi connectivity index (χ2v) is 6.23. The topological polar surface area (TPSA) is 55.7 Å². The molecular formula is C11H14BrNO3S. The lowest BCUT2D eigenvalue weighted by atomic mass is 10.4. The minimum Gasteiger partial charge on any atom is -0.478 e. The molecule has 1 rings (SSSR count). The van der Waals surface area contributed by atoms with Crippen LogP contribution >= 0.6 is 15.9 Å². The molecule has 0 unspecified atom stereocenters. The van der Waals surface area contributed by atoms with E-state index in [2.05, 4.69) is 20.3 Å². The van der Waals surface area contributed by atoms with Crippen LogP contribution < -0.4 is 0 Å². The predicted octanol–water partition coefficient (Wildman–Crippen LogP) is 2.98. The van der Waals surface area contributed by atoms with E-state index in [4.69, 9.17) is 4.74 Å². The van der Waals surface area contributed by atoms with Gasteiger partial charge in [0.15, 0.2) is 5.90 Å². The zero-order valence-electron chi connectivity index (χ0n) is 9.84. The maximum atomic E-state index is 11.9. The Morgan fingerprint density at radius 3 is 2.29 bits per heavy atom. The van der Waals surface area contributed by atoms with Gasteiger partial charge in [0.25, 0.3) is 10.0 Å². The number of hydrogen-bond acceptors (Lipinski definition) is 3. The van der Waals surface area contributed by atoms with Gasteiger partial charge in [-0.05, 0) is 38.1 Å². The Bertz CT molecular complexity index is 506. The van der Waals surface area contributed by atoms with Crippen molar-refractivity contribution >= 4 is 31.9 Å². The smallest absolute Gasteiger partial charge is 0.285 e. The number of ether oxygens (including phenoxy) is 1. The van der Waals surface area contributed by atoms with Crippen LogP contribution in [0.15, 0.2) is 38.0 Å². The van der Waals surface area contributed by atoms with Crippen LogP contribution in [0.5, 0.6) is 0 Å². The molecule has 0 fully saturated rings. The van der Waals surface area contributed by atoms with E-state index in [1.54, 1.807) is 12.1 Å². The fourth-order valence-electron chi connectivity index (χ4n) is 1.19. The third-order valence-electron chi connectivity index (χ3n) is 1.77. The third kappa shape index (κ3) is 4.47. The summed E-state index contributed by atoms with van der Waals surface area (Å²) in [4.78, 5) is 0.146. The first-order chi connectivity index (χ1) is 7.81. The first-order valence-corrected chi connectivity index (χ1v) is 7.28. The highest BCUT2D eigenvalue weighted by atomic mass is 79.9. The maximum absolute atomic E-state index is 11.9. The lowest BCUT2D eigenvalue weighted by molar-refractivity contribution is 0.227. The van der Waals surface area contributed by atoms with Crippen molar-refractivity contribution in [2.75, 3.05) is 0 Å². The van der Waals surface area contributed by atoms with Gasteiger partial charge in [-0.25, -0.2) is 0 Å². The first-order valence-electron chi connectivity index (χ1n) is 5.05. The van der Waals surface area contributed by atoms with E-state index < -0.39 is 10.0 Å². The summed E-state index contributed by atoms with van der Waals surface area (Å²) in [6.07, 6.45) is -0.0983. The molecule has 0 heterocycles. The molecule has 1 aromatic carbocycles. The van der Waals surface area contributed by atoms with Crippen LogP contribution in [0.25, 0.3) is 0 Å². The van der Waals surface area contributed by atoms with E-state index in [-0.39, 0.29) is 16.9 Å². The molecule has 0 aliphatic heterocycles. The van der Waals surface area contributed by atoms with Gasteiger partial charge in [0.05, 0.1) is 11.0 Å². The quantitative estimate of drug-likeness (QED) is 0.635. The largest absolute Gasteiger partial charge is 0.478 e. The summed E-state index contributed by atoms with van der Waals surface area (Å²) < 4.78 is 33.3. The van der Waals surface area contributed by atoms with Gasteiger partial charge in [-0.15, -0.1) is 4.40 Å². The van der Waals surface area contributed by atoms with E-state index in [9.17, 15) is 8.42 Å². The Hall–Kier alpha value is -0.880. The molecule has 0 amide bonds. The van der Waals surface area contributed by atoms with Crippen molar-refractivity contribution < 1.29 is 13.2 Å². The second kappa shape index (κ2) is 5.64. The molecule has 94 valence electrons. The molecule has 17 heavy (non-hydrogen) atoms. The summed E-state index contributed by atoms with van der Waals surface area (Å²) in [5, 5.41) is 0. The zero-order valence-corrected chi connectivity index (χ0v) is 12.2. The first kappa shape index (κ1) is 14.2. The van der Waals surface area contributed by atoms with Crippen molar-refractivity contribution in [1.29, 1.82) is 0 Å². The monoisotopic (exact) mass is 319 g/mol. The summed E-state index contributed by atoms with van der Waals surface area (Å²) in [7, 11) is -3.68. The van der Waals surface area contributed by atoms with Gasteiger partial charge in [0, 0.05) is 11.4 Å². The molecule has 0 atom stereocenters. The van der Waals surface area contributed by atoms with Gasteiger partial charge in [0.1, 0.15) is 0 Å². The molecule has 0 N–H and O–H groups in total. The predicted molar refractivity (Wildman–Crippen MR) is 70.7 cm³/mol. The van der Waals surface area contributed by atoms with Crippen LogP contribution in [-0.2, 0) is 14.8 Å². The Morgan fingerprint density at radius 2 is 1.82 bits per heavy atom. The van der Waals surface area contributed by atoms with E-state index in [1.165, 1.54) is 19.1 Å². The van der Waals surface area contributed by atoms with Crippen LogP contribution in [0.4, 0.5) is 0 Å². The molecule has 0 spiro atoms. The number of sulfonamides is 1. The van der Waals surface area contributed by atoms with Crippen LogP contribution in [0.1, 0.15) is 20.8 Å². The van der Waals surface area contributed by atoms with Crippen molar-refractivity contribution in [3.8, 4) is 0 Å². The van der Waals surface area contributed by atoms with Gasteiger partial charge < -0.3 is 4.74 Å². The van der Waals surface area contributed by atoms with Gasteiger partial charge in [-0.2, -0.15) is 8.42 Å². The molecule has 4 nitrogen and oxygen atoms in total. The molecule has 0 bridgehead atoms. The molecule has 0 aliphatic rings. The van der Waals surface area contributed by atoms with Crippen LogP contribution in [0.3, 0.4) is 0 Å². The summed E-state index contributed by atoms with van der Waals surface area (Å²) in [6.45, 7) is 5.15. The molecule has 0 saturated heterocycles. The van der Waals surface area contributed by atoms with Gasteiger partial charge in [-0.1, -0.05) is 15.9 Å². The van der Waals surface area contributed by atoms with Crippen LogP contribution in [0.2, 0.25) is 0 Å². The van der Waals surface area contributed by atoms with E-state index in [0.717, 1.165) is 4.47 Å². The minimum atomic E-state index is -3.68. The Morgan fingerprint density at radius 1 is 1.29 bits per heavy atom. The maximum Gasteiger partial charge on any atom is 0.285 e. The van der Waals surface area contributed by atoms with Crippen molar-refractivity contribution in [1.82, 2.24) is 0 Å². The average molecular weight is 320 g/mol. The fraction of sp³-hybridized carbons (Fsp3) is 0.364. The average Bonchev–Trinajstić information content (AvgIpc) is 2.15. The van der Waals surface area contributed by atoms with Gasteiger partial charge in [-0.3, -0.25) is 0 Å². The van der Waals surface area contributed by atoms with Crippen LogP contribution in [0, 0.1) is 0 Å². The number of halogens is 1. The van der Waals surface area contributed by atoms with Gasteiger partial charge >= 0.3 is 0 Å². The number of rotatable bonds is 3. The van der Waals surface area contributed by atoms with E-state index in [0.29, 0.717) is 0 Å². The normalized spacial score (nSPS) is 12.9. The Balaban J connectivity index is 3.00. The number of benzene rings is 1. The van der Waals surface area contributed by atoms with Crippen molar-refractivity contribution in [3.05, 3.63) is 28.7 Å². The molecule has 0 radical (unpaired) electrons. The fourth-order valence-corrected chi connectivity index (χ4v) is 2.42. The van der Waals surface area contributed by atoms with Crippen molar-refractivity contribution in [3.63, 3.8) is 0 Å². The number of nitrogens with zero attached hydrogens (tertiary/aromatic N) is 1. The molecule has 0 saturated carbocycles. The standard InChI is InChI=1S/C11H14BrNO3S/c1-8(2)16-9(3)13-17(14,15)11-6-4-10(12)5-7-11/h4-8H,1-3H3. The van der Waals surface area contributed by atoms with Gasteiger partial charge in [0.2, 0.25) is 0 Å². The summed E-state index contributed by atoms with van der Waals surface area (Å²) in [5.74, 6) is 0.142. The van der Waals surface area contributed by atoms with Crippen molar-refractivity contribution in [2.24, 2.45) is 4.40 Å². The molecular weight excluding hydrogens is 306 g/mol. The molecule has 0 aliphatic carbocycles. The minimum absolute atomic E-state index is 0.0983. The van der Waals surface area contributed by atoms with Crippen molar-refractivity contribution in [2.45, 2.75) is 31.8 Å². The Kier molecular flexibility index (Phi) is 4.70. The lowest BCUT2D eigenvalue weighted by Crippen LogP contribution is -2.10. The summed E-state index contributed by atoms with van der Waals surface area (Å²) in [6, 6.07) is 6.29. The van der Waals surface area contributed by atoms with E-state index >= 15 is 0 Å². The second-order valence-electron chi connectivity index (χ2n) is 3.71. The molecule has 1 aromatic rings. The highest BCUT2D eigenvalue weighted by Gasteiger charge is 2.13. The third-order valence-corrected chi connectivity index (χ3v) is 3.66. The van der Waals surface area contributed by atoms with E-state index in [1.807, 2.05) is 13.8 Å². The summed E-state index contributed by atoms with van der Waals surface area (Å²) in [5.41, 5.74) is 0. The highest BCUT2D eigenvalue weighted by molar-refractivity contribution is 9.10. The summed E-state index contributed by atoms with van der Waals surface area (Å²) >= 11 is 3.24. The zero-order chi connectivity index (χ0) is 13.1. The molecule has 0 aromatic heterocycles. The number of hydrogen-bond donors (Lipinski definition) is 0. The molecule has 6 heteroatoms. The van der Waals surface area contributed by atoms with Crippen LogP contribution in [-0.4, -0.2) is 20.4 Å². The highest BCUT2D eigenvalue weighted by Crippen LogP contribution is 2.16.